The summed E-state index contributed by atoms with van der Waals surface area (Å²) < 4.78 is 0. The summed E-state index contributed by atoms with van der Waals surface area (Å²) in [7, 11) is 0. The molecule has 54 heavy (non-hydrogen) atoms. The molecule has 0 aliphatic heterocycles. The van der Waals surface area contributed by atoms with Crippen LogP contribution in [0.4, 0.5) is 0 Å². The van der Waals surface area contributed by atoms with Crippen molar-refractivity contribution in [2.75, 3.05) is 0 Å². The van der Waals surface area contributed by atoms with E-state index in [1.807, 2.05) is 91.0 Å². The fourth-order valence-electron chi connectivity index (χ4n) is 6.64. The van der Waals surface area contributed by atoms with Gasteiger partial charge in [-0.1, -0.05) is 133 Å². The van der Waals surface area contributed by atoms with Gasteiger partial charge >= 0.3 is 0 Å². The Bertz CT molecular complexity index is 2570. The zero-order chi connectivity index (χ0) is 36.1. The van der Waals surface area contributed by atoms with Gasteiger partial charge in [-0.3, -0.25) is 4.98 Å². The smallest absolute Gasteiger partial charge is 0.160 e. The minimum Gasteiger partial charge on any atom is -0.255 e. The lowest BCUT2D eigenvalue weighted by Crippen LogP contribution is -1.99. The van der Waals surface area contributed by atoms with Gasteiger partial charge in [0.05, 0.1) is 39.9 Å². The van der Waals surface area contributed by atoms with Crippen molar-refractivity contribution >= 4 is 0 Å². The lowest BCUT2D eigenvalue weighted by atomic mass is 9.95. The summed E-state index contributed by atoms with van der Waals surface area (Å²) in [6.45, 7) is 0. The molecule has 0 unspecified atom stereocenters. The van der Waals surface area contributed by atoms with Gasteiger partial charge in [0.1, 0.15) is 0 Å². The van der Waals surface area contributed by atoms with Crippen molar-refractivity contribution in [1.29, 1.82) is 0 Å². The molecule has 9 aromatic rings. The molecule has 5 aromatic carbocycles. The summed E-state index contributed by atoms with van der Waals surface area (Å²) in [5, 5.41) is 0. The first kappa shape index (κ1) is 32.5. The molecular weight excluding hydrogens is 659 g/mol. The van der Waals surface area contributed by atoms with Crippen molar-refractivity contribution < 1.29 is 0 Å². The quantitative estimate of drug-likeness (QED) is 0.159. The van der Waals surface area contributed by atoms with Gasteiger partial charge in [0.15, 0.2) is 5.82 Å². The first-order chi connectivity index (χ1) is 26.7. The number of pyridine rings is 3. The molecule has 0 saturated heterocycles. The molecule has 0 radical (unpaired) electrons. The Hall–Kier alpha value is -7.37. The molecule has 4 heterocycles. The number of aromatic nitrogens is 5. The SMILES string of the molecule is c1ccc(-c2cc(-c3ccccc3)cc(-c3nc(-c4ccccc4)cc(-c4cccc(-c5cc(-c6ccccc6)cc(-c6ccccn6)n5)n4)n3)c2)cc1. The maximum atomic E-state index is 5.23. The van der Waals surface area contributed by atoms with Crippen molar-refractivity contribution in [3.63, 3.8) is 0 Å². The predicted octanol–water partition coefficient (Wildman–Crippen LogP) is 12.0. The zero-order valence-corrected chi connectivity index (χ0v) is 29.3. The maximum absolute atomic E-state index is 5.23. The number of benzene rings is 5. The minimum absolute atomic E-state index is 0.621. The summed E-state index contributed by atoms with van der Waals surface area (Å²) in [5.74, 6) is 0.621. The Morgan fingerprint density at radius 1 is 0.222 bits per heavy atom. The third kappa shape index (κ3) is 6.94. The van der Waals surface area contributed by atoms with E-state index in [1.54, 1.807) is 6.20 Å². The van der Waals surface area contributed by atoms with Crippen LogP contribution in [-0.2, 0) is 0 Å². The molecule has 0 atom stereocenters. The van der Waals surface area contributed by atoms with Crippen LogP contribution < -0.4 is 0 Å². The van der Waals surface area contributed by atoms with Crippen molar-refractivity contribution in [3.8, 4) is 90.2 Å². The second-order valence-electron chi connectivity index (χ2n) is 13.0. The highest BCUT2D eigenvalue weighted by molar-refractivity contribution is 5.81. The Morgan fingerprint density at radius 2 is 0.630 bits per heavy atom. The highest BCUT2D eigenvalue weighted by Gasteiger charge is 2.16. The third-order valence-corrected chi connectivity index (χ3v) is 9.33. The zero-order valence-electron chi connectivity index (χ0n) is 29.3. The number of rotatable bonds is 8. The molecule has 9 rings (SSSR count). The average molecular weight is 692 g/mol. The largest absolute Gasteiger partial charge is 0.255 e. The van der Waals surface area contributed by atoms with Crippen molar-refractivity contribution in [3.05, 3.63) is 200 Å². The van der Waals surface area contributed by atoms with E-state index >= 15 is 0 Å². The van der Waals surface area contributed by atoms with E-state index in [0.29, 0.717) is 5.82 Å². The van der Waals surface area contributed by atoms with Crippen LogP contribution in [0.2, 0.25) is 0 Å². The lowest BCUT2D eigenvalue weighted by molar-refractivity contribution is 1.16. The molecule has 0 amide bonds. The van der Waals surface area contributed by atoms with E-state index in [1.165, 1.54) is 0 Å². The van der Waals surface area contributed by atoms with Gasteiger partial charge in [-0.25, -0.2) is 19.9 Å². The highest BCUT2D eigenvalue weighted by Crippen LogP contribution is 2.35. The van der Waals surface area contributed by atoms with Crippen LogP contribution in [0.25, 0.3) is 90.2 Å². The standard InChI is InChI=1S/C49H33N5/c1-5-16-34(17-6-1)38-28-39(35-18-7-2-8-19-35)30-41(29-38)49-53-45(37-22-11-4-12-23-37)33-48(54-49)44-26-15-25-43(51-44)47-32-40(36-20-9-3-10-21-36)31-46(52-47)42-24-13-14-27-50-42/h1-33H. The van der Waals surface area contributed by atoms with E-state index in [4.69, 9.17) is 19.9 Å². The van der Waals surface area contributed by atoms with Gasteiger partial charge in [-0.2, -0.15) is 0 Å². The van der Waals surface area contributed by atoms with E-state index in [-0.39, 0.29) is 0 Å². The van der Waals surface area contributed by atoms with Crippen LogP contribution >= 0.6 is 0 Å². The molecule has 254 valence electrons. The first-order valence-corrected chi connectivity index (χ1v) is 17.9. The summed E-state index contributed by atoms with van der Waals surface area (Å²) in [6, 6.07) is 66.1. The molecule has 0 N–H and O–H groups in total. The summed E-state index contributed by atoms with van der Waals surface area (Å²) in [6.07, 6.45) is 1.79. The molecule has 0 fully saturated rings. The second kappa shape index (κ2) is 14.7. The Morgan fingerprint density at radius 3 is 1.17 bits per heavy atom. The number of hydrogen-bond acceptors (Lipinski definition) is 5. The fourth-order valence-corrected chi connectivity index (χ4v) is 6.64. The van der Waals surface area contributed by atoms with E-state index in [2.05, 4.69) is 108 Å². The number of hydrogen-bond donors (Lipinski definition) is 0. The lowest BCUT2D eigenvalue weighted by Gasteiger charge is -2.13. The van der Waals surface area contributed by atoms with Crippen LogP contribution in [0.3, 0.4) is 0 Å². The van der Waals surface area contributed by atoms with Crippen LogP contribution in [-0.4, -0.2) is 24.9 Å². The summed E-state index contributed by atoms with van der Waals surface area (Å²) in [4.78, 5) is 25.3. The van der Waals surface area contributed by atoms with Crippen LogP contribution in [0.15, 0.2) is 200 Å². The summed E-state index contributed by atoms with van der Waals surface area (Å²) in [5.41, 5.74) is 13.8. The molecule has 5 heteroatoms. The maximum Gasteiger partial charge on any atom is 0.160 e. The van der Waals surface area contributed by atoms with Crippen LogP contribution in [0.5, 0.6) is 0 Å². The van der Waals surface area contributed by atoms with Gasteiger partial charge < -0.3 is 0 Å². The topological polar surface area (TPSA) is 64.5 Å². The highest BCUT2D eigenvalue weighted by atomic mass is 14.9. The van der Waals surface area contributed by atoms with Crippen molar-refractivity contribution in [2.45, 2.75) is 0 Å². The normalized spacial score (nSPS) is 11.0. The predicted molar refractivity (Wildman–Crippen MR) is 219 cm³/mol. The van der Waals surface area contributed by atoms with Crippen molar-refractivity contribution in [1.82, 2.24) is 24.9 Å². The second-order valence-corrected chi connectivity index (χ2v) is 13.0. The Kier molecular flexibility index (Phi) is 8.86. The molecule has 0 spiro atoms. The molecule has 5 nitrogen and oxygen atoms in total. The van der Waals surface area contributed by atoms with Gasteiger partial charge in [0.25, 0.3) is 0 Å². The van der Waals surface area contributed by atoms with Crippen molar-refractivity contribution in [2.24, 2.45) is 0 Å². The van der Waals surface area contributed by atoms with E-state index < -0.39 is 0 Å². The number of nitrogens with zero attached hydrogens (tertiary/aromatic N) is 5. The average Bonchev–Trinajstić information content (AvgIpc) is 3.27. The monoisotopic (exact) mass is 691 g/mol. The Balaban J connectivity index is 1.20. The van der Waals surface area contributed by atoms with Gasteiger partial charge in [0, 0.05) is 17.3 Å². The minimum atomic E-state index is 0.621. The van der Waals surface area contributed by atoms with Gasteiger partial charge in [0.2, 0.25) is 0 Å². The van der Waals surface area contributed by atoms with Crippen LogP contribution in [0.1, 0.15) is 0 Å². The first-order valence-electron chi connectivity index (χ1n) is 17.9. The fraction of sp³-hybridized carbons (Fsp3) is 0. The van der Waals surface area contributed by atoms with E-state index in [0.717, 1.165) is 84.4 Å². The third-order valence-electron chi connectivity index (χ3n) is 9.33. The van der Waals surface area contributed by atoms with Crippen LogP contribution in [0, 0.1) is 0 Å². The molecule has 0 aliphatic rings. The summed E-state index contributed by atoms with van der Waals surface area (Å²) >= 11 is 0. The van der Waals surface area contributed by atoms with Gasteiger partial charge in [-0.15, -0.1) is 0 Å². The van der Waals surface area contributed by atoms with E-state index in [9.17, 15) is 0 Å². The molecule has 0 aliphatic carbocycles. The molecular formula is C49H33N5. The molecule has 0 saturated carbocycles. The molecule has 4 aromatic heterocycles. The molecule has 0 bridgehead atoms. The Labute approximate surface area is 314 Å². The van der Waals surface area contributed by atoms with Gasteiger partial charge in [-0.05, 0) is 94.0 Å².